The second-order valence-electron chi connectivity index (χ2n) is 8.01. The van der Waals surface area contributed by atoms with Crippen LogP contribution < -0.4 is 4.74 Å². The maximum atomic E-state index is 14.0. The van der Waals surface area contributed by atoms with Crippen molar-refractivity contribution in [2.45, 2.75) is 19.0 Å². The van der Waals surface area contributed by atoms with E-state index in [0.717, 1.165) is 28.3 Å². The van der Waals surface area contributed by atoms with E-state index in [1.165, 1.54) is 7.11 Å². The highest BCUT2D eigenvalue weighted by Gasteiger charge is 2.48. The first-order chi connectivity index (χ1) is 16.0. The Morgan fingerprint density at radius 1 is 1.15 bits per heavy atom. The van der Waals surface area contributed by atoms with Crippen molar-refractivity contribution in [2.75, 3.05) is 13.7 Å². The van der Waals surface area contributed by atoms with Gasteiger partial charge in [-0.15, -0.1) is 11.3 Å². The highest BCUT2D eigenvalue weighted by molar-refractivity contribution is 7.09. The zero-order chi connectivity index (χ0) is 23.1. The number of carbonyl (C=O) groups is 1. The number of hydrogen-bond acceptors (Lipinski definition) is 5. The van der Waals surface area contributed by atoms with Gasteiger partial charge in [0.25, 0.3) is 0 Å². The Bertz CT molecular complexity index is 1220. The number of allylic oxidation sites excluding steroid dienone is 1. The first-order valence-corrected chi connectivity index (χ1v) is 11.3. The van der Waals surface area contributed by atoms with Crippen LogP contribution in [0.25, 0.3) is 0 Å². The molecule has 4 nitrogen and oxygen atoms in total. The van der Waals surface area contributed by atoms with E-state index in [0.29, 0.717) is 17.8 Å². The van der Waals surface area contributed by atoms with Gasteiger partial charge in [-0.2, -0.15) is 0 Å². The molecule has 0 saturated carbocycles. The van der Waals surface area contributed by atoms with E-state index >= 15 is 0 Å². The summed E-state index contributed by atoms with van der Waals surface area (Å²) in [7, 11) is 1.30. The molecule has 2 aliphatic rings. The first kappa shape index (κ1) is 21.6. The summed E-state index contributed by atoms with van der Waals surface area (Å²) in [5, 5.41) is 1.97. The lowest BCUT2D eigenvalue weighted by atomic mass is 9.87. The van der Waals surface area contributed by atoms with Crippen LogP contribution in [0, 0.1) is 23.4 Å². The van der Waals surface area contributed by atoms with Crippen LogP contribution in [-0.2, 0) is 22.5 Å². The van der Waals surface area contributed by atoms with E-state index < -0.39 is 23.4 Å². The van der Waals surface area contributed by atoms with Crippen LogP contribution in [0.2, 0.25) is 0 Å². The Hall–Kier alpha value is -3.26. The minimum atomic E-state index is -1.52. The molecule has 33 heavy (non-hydrogen) atoms. The smallest absolute Gasteiger partial charge is 0.336 e. The Labute approximate surface area is 192 Å². The number of para-hydroxylation sites is 1. The average Bonchev–Trinajstić information content (AvgIpc) is 3.44. The van der Waals surface area contributed by atoms with Gasteiger partial charge in [0.1, 0.15) is 5.75 Å². The number of hydrogen-bond donors (Lipinski definition) is 0. The minimum Gasteiger partial charge on any atom is -0.492 e. The van der Waals surface area contributed by atoms with Crippen LogP contribution in [0.1, 0.15) is 22.0 Å². The van der Waals surface area contributed by atoms with Crippen LogP contribution >= 0.6 is 11.3 Å². The van der Waals surface area contributed by atoms with Crippen molar-refractivity contribution >= 4 is 17.3 Å². The van der Waals surface area contributed by atoms with Crippen molar-refractivity contribution in [3.63, 3.8) is 0 Å². The number of carbonyl (C=O) groups excluding carboxylic acids is 1. The summed E-state index contributed by atoms with van der Waals surface area (Å²) in [5.41, 5.74) is 2.17. The highest BCUT2D eigenvalue weighted by Crippen LogP contribution is 2.51. The van der Waals surface area contributed by atoms with Crippen molar-refractivity contribution in [1.29, 1.82) is 0 Å². The number of rotatable bonds is 5. The van der Waals surface area contributed by atoms with Gasteiger partial charge < -0.3 is 14.4 Å². The Morgan fingerprint density at radius 2 is 1.91 bits per heavy atom. The van der Waals surface area contributed by atoms with Gasteiger partial charge in [0.2, 0.25) is 0 Å². The lowest BCUT2D eigenvalue weighted by Crippen LogP contribution is -2.33. The van der Waals surface area contributed by atoms with Gasteiger partial charge in [0, 0.05) is 22.6 Å². The first-order valence-electron chi connectivity index (χ1n) is 10.4. The molecule has 0 saturated heterocycles. The molecule has 5 rings (SSSR count). The Kier molecular flexibility index (Phi) is 5.62. The van der Waals surface area contributed by atoms with Gasteiger partial charge in [-0.3, -0.25) is 0 Å². The lowest BCUT2D eigenvalue weighted by Gasteiger charge is -2.36. The molecule has 0 spiro atoms. The minimum absolute atomic E-state index is 0.0408. The molecule has 170 valence electrons. The number of esters is 1. The summed E-state index contributed by atoms with van der Waals surface area (Å²) in [6.07, 6.45) is 0.0408. The quantitative estimate of drug-likeness (QED) is 0.369. The summed E-state index contributed by atoms with van der Waals surface area (Å²) >= 11 is 1.58. The second kappa shape index (κ2) is 8.59. The number of nitrogens with zero attached hydrogens (tertiary/aromatic N) is 1. The van der Waals surface area contributed by atoms with E-state index in [4.69, 9.17) is 9.47 Å². The molecule has 1 aromatic heterocycles. The number of fused-ring (bicyclic) bond motifs is 3. The van der Waals surface area contributed by atoms with Crippen molar-refractivity contribution in [3.05, 3.63) is 98.6 Å². The maximum absolute atomic E-state index is 14.0. The topological polar surface area (TPSA) is 38.8 Å². The van der Waals surface area contributed by atoms with E-state index in [9.17, 15) is 18.0 Å². The number of benzene rings is 2. The predicted octanol–water partition coefficient (Wildman–Crippen LogP) is 5.40. The van der Waals surface area contributed by atoms with Crippen LogP contribution in [0.3, 0.4) is 0 Å². The van der Waals surface area contributed by atoms with Gasteiger partial charge in [-0.25, -0.2) is 18.0 Å². The molecule has 0 radical (unpaired) electrons. The van der Waals surface area contributed by atoms with E-state index in [1.807, 2.05) is 41.8 Å². The lowest BCUT2D eigenvalue weighted by molar-refractivity contribution is -0.136. The molecule has 8 heteroatoms. The predicted molar refractivity (Wildman–Crippen MR) is 117 cm³/mol. The van der Waals surface area contributed by atoms with E-state index in [1.54, 1.807) is 11.3 Å². The fourth-order valence-corrected chi connectivity index (χ4v) is 5.45. The normalized spacial score (nSPS) is 19.2. The molecule has 0 unspecified atom stereocenters. The van der Waals surface area contributed by atoms with E-state index in [-0.39, 0.29) is 30.6 Å². The summed E-state index contributed by atoms with van der Waals surface area (Å²) in [6.45, 7) is 0.762. The van der Waals surface area contributed by atoms with Gasteiger partial charge in [-0.05, 0) is 35.2 Å². The van der Waals surface area contributed by atoms with Crippen molar-refractivity contribution < 1.29 is 27.4 Å². The Morgan fingerprint density at radius 3 is 2.61 bits per heavy atom. The zero-order valence-electron chi connectivity index (χ0n) is 17.7. The monoisotopic (exact) mass is 471 g/mol. The summed E-state index contributed by atoms with van der Waals surface area (Å²) in [5.74, 6) is -4.14. The highest BCUT2D eigenvalue weighted by atomic mass is 32.1. The molecule has 0 N–H and O–H groups in total. The van der Waals surface area contributed by atoms with Gasteiger partial charge >= 0.3 is 5.97 Å². The van der Waals surface area contributed by atoms with Crippen molar-refractivity contribution in [1.82, 2.24) is 4.90 Å². The van der Waals surface area contributed by atoms with Crippen LogP contribution in [0.4, 0.5) is 13.2 Å². The van der Waals surface area contributed by atoms with Crippen molar-refractivity contribution in [2.24, 2.45) is 5.92 Å². The van der Waals surface area contributed by atoms with E-state index in [2.05, 4.69) is 4.90 Å². The van der Waals surface area contributed by atoms with Crippen LogP contribution in [0.15, 0.2) is 65.2 Å². The average molecular weight is 472 g/mol. The second-order valence-corrected chi connectivity index (χ2v) is 9.04. The number of thiophene rings is 1. The SMILES string of the molecule is COC(=O)C1=C(Cc2cc(F)c(F)c(F)c2)N(Cc2cccs2)[C@H]2c3ccccc3OC[C@@H]12. The molecular weight excluding hydrogens is 451 g/mol. The number of ether oxygens (including phenoxy) is 2. The molecule has 2 atom stereocenters. The van der Waals surface area contributed by atoms with Crippen LogP contribution in [0.5, 0.6) is 5.75 Å². The molecule has 2 aliphatic heterocycles. The third-order valence-electron chi connectivity index (χ3n) is 6.13. The molecule has 3 heterocycles. The Balaban J connectivity index is 1.65. The number of halogens is 3. The zero-order valence-corrected chi connectivity index (χ0v) is 18.5. The van der Waals surface area contributed by atoms with Crippen LogP contribution in [-0.4, -0.2) is 24.6 Å². The molecule has 0 fully saturated rings. The third-order valence-corrected chi connectivity index (χ3v) is 6.99. The molecular formula is C25H20F3NO3S. The summed E-state index contributed by atoms with van der Waals surface area (Å²) in [6, 6.07) is 13.3. The van der Waals surface area contributed by atoms with Gasteiger partial charge in [0.05, 0.1) is 37.8 Å². The molecule has 0 aliphatic carbocycles. The van der Waals surface area contributed by atoms with Gasteiger partial charge in [0.15, 0.2) is 17.5 Å². The van der Waals surface area contributed by atoms with Crippen molar-refractivity contribution in [3.8, 4) is 5.75 Å². The molecule has 0 amide bonds. The maximum Gasteiger partial charge on any atom is 0.336 e. The van der Waals surface area contributed by atoms with Gasteiger partial charge in [-0.1, -0.05) is 24.3 Å². The summed E-state index contributed by atoms with van der Waals surface area (Å²) < 4.78 is 52.6. The largest absolute Gasteiger partial charge is 0.492 e. The standard InChI is InChI=1S/C25H20F3NO3S/c1-31-25(30)22-17-13-32-21-7-3-2-6-16(21)24(17)29(12-15-5-4-8-33-15)20(22)11-14-9-18(26)23(28)19(27)10-14/h2-10,17,24H,11-13H2,1H3/t17-,24-/m0/s1. The third kappa shape index (κ3) is 3.78. The fraction of sp³-hybridized carbons (Fsp3) is 0.240. The fourth-order valence-electron chi connectivity index (χ4n) is 4.75. The molecule has 2 aromatic carbocycles. The number of methoxy groups -OCH3 is 1. The molecule has 0 bridgehead atoms. The molecule has 3 aromatic rings. The summed E-state index contributed by atoms with van der Waals surface area (Å²) in [4.78, 5) is 16.1.